The van der Waals surface area contributed by atoms with E-state index >= 15 is 0 Å². The van der Waals surface area contributed by atoms with Crippen LogP contribution in [-0.4, -0.2) is 22.6 Å². The quantitative estimate of drug-likeness (QED) is 0.711. The van der Waals surface area contributed by atoms with Crippen molar-refractivity contribution in [1.82, 2.24) is 14.9 Å². The van der Waals surface area contributed by atoms with Crippen molar-refractivity contribution in [2.75, 3.05) is 13.1 Å². The minimum absolute atomic E-state index is 0.745. The molecule has 0 radical (unpaired) electrons. The fourth-order valence-electron chi connectivity index (χ4n) is 2.73. The number of aryl methyl sites for hydroxylation is 1. The summed E-state index contributed by atoms with van der Waals surface area (Å²) in [6, 6.07) is 0. The average molecular weight is 219 g/mol. The van der Waals surface area contributed by atoms with Gasteiger partial charge in [-0.25, -0.2) is 4.98 Å². The fraction of sp³-hybridized carbons (Fsp3) is 0.769. The van der Waals surface area contributed by atoms with Gasteiger partial charge in [-0.3, -0.25) is 0 Å². The lowest BCUT2D eigenvalue weighted by Gasteiger charge is -2.14. The van der Waals surface area contributed by atoms with Gasteiger partial charge >= 0.3 is 0 Å². The van der Waals surface area contributed by atoms with Crippen molar-refractivity contribution < 1.29 is 0 Å². The van der Waals surface area contributed by atoms with Crippen molar-refractivity contribution >= 4 is 0 Å². The number of aromatic nitrogens is 2. The lowest BCUT2D eigenvalue weighted by molar-refractivity contribution is 0.399. The highest BCUT2D eigenvalue weighted by atomic mass is 15.0. The zero-order valence-electron chi connectivity index (χ0n) is 9.86. The van der Waals surface area contributed by atoms with Crippen LogP contribution in [0, 0.1) is 11.3 Å². The van der Waals surface area contributed by atoms with Crippen molar-refractivity contribution in [3.05, 3.63) is 18.7 Å². The monoisotopic (exact) mass is 219 g/mol. The third-order valence-corrected chi connectivity index (χ3v) is 4.14. The summed E-state index contributed by atoms with van der Waals surface area (Å²) in [6.45, 7) is 3.50. The molecule has 1 aromatic rings. The van der Waals surface area contributed by atoms with E-state index in [9.17, 15) is 0 Å². The molecule has 88 valence electrons. The Hall–Kier alpha value is -0.830. The summed E-state index contributed by atoms with van der Waals surface area (Å²) in [4.78, 5) is 4.04. The molecule has 0 aromatic carbocycles. The minimum atomic E-state index is 0.745. The number of hydrogen-bond acceptors (Lipinski definition) is 2. The molecule has 0 bridgehead atoms. The number of imidazole rings is 1. The van der Waals surface area contributed by atoms with Crippen LogP contribution < -0.4 is 5.32 Å². The summed E-state index contributed by atoms with van der Waals surface area (Å²) in [6.07, 6.45) is 12.9. The maximum absolute atomic E-state index is 4.04. The van der Waals surface area contributed by atoms with E-state index in [2.05, 4.69) is 14.9 Å². The van der Waals surface area contributed by atoms with Crippen LogP contribution in [-0.2, 0) is 6.54 Å². The molecule has 1 heterocycles. The molecule has 3 heteroatoms. The Morgan fingerprint density at radius 1 is 1.38 bits per heavy atom. The highest BCUT2D eigenvalue weighted by molar-refractivity contribution is 5.04. The first-order valence-corrected chi connectivity index (χ1v) is 6.56. The van der Waals surface area contributed by atoms with Crippen LogP contribution in [0.2, 0.25) is 0 Å². The zero-order chi connectivity index (χ0) is 10.8. The van der Waals surface area contributed by atoms with Crippen molar-refractivity contribution in [3.63, 3.8) is 0 Å². The summed E-state index contributed by atoms with van der Waals surface area (Å²) in [5.74, 6) is 1.08. The molecule has 1 aromatic heterocycles. The van der Waals surface area contributed by atoms with E-state index in [0.717, 1.165) is 24.4 Å². The van der Waals surface area contributed by atoms with Crippen LogP contribution in [0.15, 0.2) is 18.7 Å². The van der Waals surface area contributed by atoms with Crippen molar-refractivity contribution in [2.24, 2.45) is 11.3 Å². The van der Waals surface area contributed by atoms with E-state index < -0.39 is 0 Å². The smallest absolute Gasteiger partial charge is 0.0945 e. The molecule has 0 spiro atoms. The van der Waals surface area contributed by atoms with Gasteiger partial charge in [0.15, 0.2) is 0 Å². The van der Waals surface area contributed by atoms with Crippen LogP contribution in [0.3, 0.4) is 0 Å². The Labute approximate surface area is 97.3 Å². The number of nitrogens with one attached hydrogen (secondary N) is 1. The second-order valence-corrected chi connectivity index (χ2v) is 5.47. The van der Waals surface area contributed by atoms with Gasteiger partial charge in [-0.2, -0.15) is 0 Å². The van der Waals surface area contributed by atoms with Crippen LogP contribution >= 0.6 is 0 Å². The SMILES string of the molecule is c1cn(CCCNCC2(C3CC3)CC2)cn1. The van der Waals surface area contributed by atoms with Gasteiger partial charge in [-0.05, 0) is 50.0 Å². The summed E-state index contributed by atoms with van der Waals surface area (Å²) >= 11 is 0. The molecule has 3 rings (SSSR count). The molecule has 16 heavy (non-hydrogen) atoms. The standard InChI is InChI=1S/C13H21N3/c1(8-16-9-7-15-11-16)6-14-10-13(4-5-13)12-2-3-12/h7,9,11-12,14H,1-6,8,10H2. The van der Waals surface area contributed by atoms with Crippen LogP contribution in [0.5, 0.6) is 0 Å². The molecule has 2 saturated carbocycles. The summed E-state index contributed by atoms with van der Waals surface area (Å²) in [7, 11) is 0. The Balaban J connectivity index is 1.29. The first kappa shape index (κ1) is 10.3. The third-order valence-electron chi connectivity index (χ3n) is 4.14. The zero-order valence-corrected chi connectivity index (χ0v) is 9.86. The molecule has 1 N–H and O–H groups in total. The molecule has 0 aliphatic heterocycles. The van der Waals surface area contributed by atoms with Gasteiger partial charge in [0.2, 0.25) is 0 Å². The van der Waals surface area contributed by atoms with Gasteiger partial charge in [0, 0.05) is 25.5 Å². The average Bonchev–Trinajstić information content (AvgIpc) is 3.18. The van der Waals surface area contributed by atoms with E-state index in [0.29, 0.717) is 0 Å². The van der Waals surface area contributed by atoms with Crippen molar-refractivity contribution in [2.45, 2.75) is 38.6 Å². The van der Waals surface area contributed by atoms with Crippen LogP contribution in [0.4, 0.5) is 0 Å². The molecular weight excluding hydrogens is 198 g/mol. The highest BCUT2D eigenvalue weighted by Crippen LogP contribution is 2.60. The Morgan fingerprint density at radius 2 is 2.25 bits per heavy atom. The lowest BCUT2D eigenvalue weighted by atomic mass is 10.0. The maximum atomic E-state index is 4.04. The molecule has 2 fully saturated rings. The number of hydrogen-bond donors (Lipinski definition) is 1. The maximum Gasteiger partial charge on any atom is 0.0945 e. The summed E-state index contributed by atoms with van der Waals surface area (Å²) in [5, 5.41) is 3.64. The Morgan fingerprint density at radius 3 is 2.88 bits per heavy atom. The van der Waals surface area contributed by atoms with Crippen molar-refractivity contribution in [3.8, 4) is 0 Å². The van der Waals surface area contributed by atoms with Gasteiger partial charge in [0.1, 0.15) is 0 Å². The summed E-state index contributed by atoms with van der Waals surface area (Å²) < 4.78 is 2.15. The normalized spacial score (nSPS) is 22.2. The fourth-order valence-corrected chi connectivity index (χ4v) is 2.73. The van der Waals surface area contributed by atoms with E-state index in [1.165, 1.54) is 38.6 Å². The molecule has 0 amide bonds. The summed E-state index contributed by atoms with van der Waals surface area (Å²) in [5.41, 5.74) is 0.745. The van der Waals surface area contributed by atoms with Crippen molar-refractivity contribution in [1.29, 1.82) is 0 Å². The third kappa shape index (κ3) is 2.29. The Bertz CT molecular complexity index is 323. The topological polar surface area (TPSA) is 29.9 Å². The van der Waals surface area contributed by atoms with E-state index in [-0.39, 0.29) is 0 Å². The van der Waals surface area contributed by atoms with Gasteiger partial charge < -0.3 is 9.88 Å². The largest absolute Gasteiger partial charge is 0.337 e. The predicted octanol–water partition coefficient (Wildman–Crippen LogP) is 2.05. The molecular formula is C13H21N3. The lowest BCUT2D eigenvalue weighted by Crippen LogP contribution is -2.26. The van der Waals surface area contributed by atoms with Gasteiger partial charge in [0.25, 0.3) is 0 Å². The molecule has 0 unspecified atom stereocenters. The molecule has 3 nitrogen and oxygen atoms in total. The van der Waals surface area contributed by atoms with Gasteiger partial charge in [-0.1, -0.05) is 0 Å². The van der Waals surface area contributed by atoms with E-state index in [1.54, 1.807) is 0 Å². The van der Waals surface area contributed by atoms with Gasteiger partial charge in [-0.15, -0.1) is 0 Å². The van der Waals surface area contributed by atoms with Crippen LogP contribution in [0.25, 0.3) is 0 Å². The highest BCUT2D eigenvalue weighted by Gasteiger charge is 2.52. The van der Waals surface area contributed by atoms with Crippen LogP contribution in [0.1, 0.15) is 32.1 Å². The Kier molecular flexibility index (Phi) is 2.72. The van der Waals surface area contributed by atoms with E-state index in [4.69, 9.17) is 0 Å². The molecule has 2 aliphatic rings. The molecule has 2 aliphatic carbocycles. The minimum Gasteiger partial charge on any atom is -0.337 e. The second kappa shape index (κ2) is 4.21. The number of rotatable bonds is 7. The number of nitrogens with zero attached hydrogens (tertiary/aromatic N) is 2. The first-order valence-electron chi connectivity index (χ1n) is 6.56. The first-order chi connectivity index (χ1) is 7.89. The molecule has 0 atom stereocenters. The second-order valence-electron chi connectivity index (χ2n) is 5.47. The van der Waals surface area contributed by atoms with Gasteiger partial charge in [0.05, 0.1) is 6.33 Å². The molecule has 0 saturated heterocycles. The van der Waals surface area contributed by atoms with E-state index in [1.807, 2.05) is 18.7 Å². The predicted molar refractivity (Wildman–Crippen MR) is 64.1 cm³/mol.